The second-order valence-corrected chi connectivity index (χ2v) is 7.56. The van der Waals surface area contributed by atoms with Crippen molar-refractivity contribution in [3.05, 3.63) is 23.8 Å². The van der Waals surface area contributed by atoms with Gasteiger partial charge in [-0.1, -0.05) is 6.07 Å². The largest absolute Gasteiger partial charge is 0.497 e. The number of methoxy groups -OCH3 is 2. The van der Waals surface area contributed by atoms with E-state index in [-0.39, 0.29) is 18.5 Å². The molecule has 2 fully saturated rings. The Kier molecular flexibility index (Phi) is 5.19. The zero-order valence-electron chi connectivity index (χ0n) is 16.3. The number of rotatable bonds is 5. The lowest BCUT2D eigenvalue weighted by Gasteiger charge is -2.27. The van der Waals surface area contributed by atoms with E-state index in [1.807, 2.05) is 18.2 Å². The SMILES string of the molecule is COc1ccc(CN2C[C@H]3CN(C(=O)N(C)C)C[C@@]3(C(=O)O)C2)c(OC)c1. The summed E-state index contributed by atoms with van der Waals surface area (Å²) in [6, 6.07) is 5.52. The van der Waals surface area contributed by atoms with Crippen LogP contribution >= 0.6 is 0 Å². The Hall–Kier alpha value is -2.48. The fraction of sp³-hybridized carbons (Fsp3) is 0.579. The zero-order valence-corrected chi connectivity index (χ0v) is 16.3. The molecule has 1 N–H and O–H groups in total. The highest BCUT2D eigenvalue weighted by atomic mass is 16.5. The number of carbonyl (C=O) groups excluding carboxylic acids is 1. The third kappa shape index (κ3) is 3.41. The number of hydrogen-bond donors (Lipinski definition) is 1. The van der Waals surface area contributed by atoms with E-state index in [1.54, 1.807) is 33.2 Å². The Balaban J connectivity index is 1.76. The van der Waals surface area contributed by atoms with Crippen molar-refractivity contribution in [1.29, 1.82) is 0 Å². The van der Waals surface area contributed by atoms with Crippen molar-refractivity contribution in [2.24, 2.45) is 11.3 Å². The number of benzene rings is 1. The number of urea groups is 1. The van der Waals surface area contributed by atoms with Crippen LogP contribution in [-0.4, -0.2) is 86.3 Å². The lowest BCUT2D eigenvalue weighted by molar-refractivity contribution is -0.148. The van der Waals surface area contributed by atoms with Gasteiger partial charge in [-0.05, 0) is 6.07 Å². The summed E-state index contributed by atoms with van der Waals surface area (Å²) in [4.78, 5) is 29.7. The lowest BCUT2D eigenvalue weighted by atomic mass is 9.81. The topological polar surface area (TPSA) is 82.6 Å². The second kappa shape index (κ2) is 7.26. The average molecular weight is 377 g/mol. The van der Waals surface area contributed by atoms with Gasteiger partial charge in [0.25, 0.3) is 0 Å². The van der Waals surface area contributed by atoms with Gasteiger partial charge in [0.1, 0.15) is 16.9 Å². The van der Waals surface area contributed by atoms with Crippen molar-refractivity contribution in [2.75, 3.05) is 54.5 Å². The van der Waals surface area contributed by atoms with E-state index in [0.29, 0.717) is 31.9 Å². The molecule has 1 aromatic carbocycles. The highest BCUT2D eigenvalue weighted by Gasteiger charge is 2.58. The van der Waals surface area contributed by atoms with Crippen LogP contribution in [0.5, 0.6) is 11.5 Å². The summed E-state index contributed by atoms with van der Waals surface area (Å²) < 4.78 is 10.7. The smallest absolute Gasteiger partial charge is 0.319 e. The zero-order chi connectivity index (χ0) is 19.8. The maximum atomic E-state index is 12.3. The van der Waals surface area contributed by atoms with Crippen molar-refractivity contribution < 1.29 is 24.2 Å². The molecule has 0 spiro atoms. The van der Waals surface area contributed by atoms with Crippen molar-refractivity contribution >= 4 is 12.0 Å². The Morgan fingerprint density at radius 1 is 1.22 bits per heavy atom. The molecule has 0 bridgehead atoms. The normalized spacial score (nSPS) is 24.6. The number of carboxylic acid groups (broad SMARTS) is 1. The standard InChI is InChI=1S/C19H27N3O5/c1-20(2)18(25)22-10-14-9-21(11-19(14,12-22)17(23)24)8-13-5-6-15(26-3)7-16(13)27-4/h5-7,14H,8-12H2,1-4H3,(H,23,24)/t14-,19-/m0/s1. The van der Waals surface area contributed by atoms with Crippen molar-refractivity contribution in [2.45, 2.75) is 6.54 Å². The summed E-state index contributed by atoms with van der Waals surface area (Å²) in [6.45, 7) is 2.37. The molecule has 0 aliphatic carbocycles. The molecule has 2 aliphatic heterocycles. The molecule has 2 saturated heterocycles. The third-order valence-electron chi connectivity index (χ3n) is 5.65. The van der Waals surface area contributed by atoms with E-state index in [0.717, 1.165) is 11.3 Å². The molecule has 0 radical (unpaired) electrons. The molecule has 27 heavy (non-hydrogen) atoms. The molecule has 0 aromatic heterocycles. The van der Waals surface area contributed by atoms with Crippen LogP contribution in [0.3, 0.4) is 0 Å². The van der Waals surface area contributed by atoms with Crippen LogP contribution in [0.15, 0.2) is 18.2 Å². The van der Waals surface area contributed by atoms with Crippen molar-refractivity contribution in [3.63, 3.8) is 0 Å². The molecule has 8 nitrogen and oxygen atoms in total. The molecule has 0 saturated carbocycles. The summed E-state index contributed by atoms with van der Waals surface area (Å²) in [5.41, 5.74) is 0.0748. The fourth-order valence-corrected chi connectivity index (χ4v) is 4.24. The Morgan fingerprint density at radius 2 is 1.96 bits per heavy atom. The van der Waals surface area contributed by atoms with Crippen molar-refractivity contribution in [3.8, 4) is 11.5 Å². The minimum Gasteiger partial charge on any atom is -0.497 e. The van der Waals surface area contributed by atoms with E-state index in [2.05, 4.69) is 4.90 Å². The molecule has 2 amide bonds. The third-order valence-corrected chi connectivity index (χ3v) is 5.65. The molecule has 1 aromatic rings. The Morgan fingerprint density at radius 3 is 2.52 bits per heavy atom. The first-order valence-corrected chi connectivity index (χ1v) is 8.93. The Bertz CT molecular complexity index is 738. The van der Waals surface area contributed by atoms with Gasteiger partial charge >= 0.3 is 12.0 Å². The van der Waals surface area contributed by atoms with Gasteiger partial charge in [0.15, 0.2) is 0 Å². The number of nitrogens with zero attached hydrogens (tertiary/aromatic N) is 3. The van der Waals surface area contributed by atoms with Crippen LogP contribution < -0.4 is 9.47 Å². The molecule has 2 atom stereocenters. The summed E-state index contributed by atoms with van der Waals surface area (Å²) in [6.07, 6.45) is 0. The van der Waals surface area contributed by atoms with Crippen LogP contribution in [0.1, 0.15) is 5.56 Å². The van der Waals surface area contributed by atoms with Gasteiger partial charge in [-0.25, -0.2) is 4.79 Å². The van der Waals surface area contributed by atoms with Crippen LogP contribution in [-0.2, 0) is 11.3 Å². The number of amides is 2. The van der Waals surface area contributed by atoms with Crippen LogP contribution in [0, 0.1) is 11.3 Å². The first-order chi connectivity index (χ1) is 12.8. The van der Waals surface area contributed by atoms with Gasteiger partial charge in [0, 0.05) is 64.4 Å². The van der Waals surface area contributed by atoms with Crippen LogP contribution in [0.4, 0.5) is 4.79 Å². The van der Waals surface area contributed by atoms with E-state index in [9.17, 15) is 14.7 Å². The first kappa shape index (κ1) is 19.3. The summed E-state index contributed by atoms with van der Waals surface area (Å²) in [5, 5.41) is 9.95. The molecular weight excluding hydrogens is 350 g/mol. The predicted molar refractivity (Wildman–Crippen MR) is 99.0 cm³/mol. The number of carbonyl (C=O) groups is 2. The molecule has 148 valence electrons. The number of ether oxygens (including phenoxy) is 2. The molecule has 2 heterocycles. The lowest BCUT2D eigenvalue weighted by Crippen LogP contribution is -2.44. The summed E-state index contributed by atoms with van der Waals surface area (Å²) in [7, 11) is 6.59. The number of carboxylic acids is 1. The summed E-state index contributed by atoms with van der Waals surface area (Å²) in [5.74, 6) is 0.530. The van der Waals surface area contributed by atoms with Gasteiger partial charge in [0.2, 0.25) is 0 Å². The average Bonchev–Trinajstić information content (AvgIpc) is 3.16. The van der Waals surface area contributed by atoms with Gasteiger partial charge in [-0.15, -0.1) is 0 Å². The fourth-order valence-electron chi connectivity index (χ4n) is 4.24. The molecule has 3 rings (SSSR count). The quantitative estimate of drug-likeness (QED) is 0.830. The van der Waals surface area contributed by atoms with E-state index in [4.69, 9.17) is 9.47 Å². The highest BCUT2D eigenvalue weighted by molar-refractivity contribution is 5.80. The number of hydrogen-bond acceptors (Lipinski definition) is 5. The van der Waals surface area contributed by atoms with E-state index >= 15 is 0 Å². The van der Waals surface area contributed by atoms with Crippen molar-refractivity contribution in [1.82, 2.24) is 14.7 Å². The Labute approximate surface area is 159 Å². The molecule has 2 aliphatic rings. The second-order valence-electron chi connectivity index (χ2n) is 7.56. The van der Waals surface area contributed by atoms with Gasteiger partial charge < -0.3 is 24.4 Å². The van der Waals surface area contributed by atoms with Gasteiger partial charge in [0.05, 0.1) is 14.2 Å². The number of likely N-dealkylation sites (tertiary alicyclic amines) is 2. The maximum absolute atomic E-state index is 12.3. The minimum atomic E-state index is -0.911. The molecular formula is C19H27N3O5. The van der Waals surface area contributed by atoms with Crippen LogP contribution in [0.25, 0.3) is 0 Å². The molecule has 0 unspecified atom stereocenters. The van der Waals surface area contributed by atoms with E-state index in [1.165, 1.54) is 4.90 Å². The molecule has 8 heteroatoms. The maximum Gasteiger partial charge on any atom is 0.319 e. The highest BCUT2D eigenvalue weighted by Crippen LogP contribution is 2.44. The summed E-state index contributed by atoms with van der Waals surface area (Å²) >= 11 is 0. The number of fused-ring (bicyclic) bond motifs is 1. The van der Waals surface area contributed by atoms with E-state index < -0.39 is 11.4 Å². The minimum absolute atomic E-state index is 0.0804. The van der Waals surface area contributed by atoms with Gasteiger partial charge in [-0.3, -0.25) is 9.69 Å². The first-order valence-electron chi connectivity index (χ1n) is 8.93. The predicted octanol–water partition coefficient (Wildman–Crippen LogP) is 1.20. The monoisotopic (exact) mass is 377 g/mol. The van der Waals surface area contributed by atoms with Gasteiger partial charge in [-0.2, -0.15) is 0 Å². The van der Waals surface area contributed by atoms with Crippen LogP contribution in [0.2, 0.25) is 0 Å². The number of aliphatic carboxylic acids is 1.